The maximum absolute atomic E-state index is 13.5. The molecular formula is C34H38N4O5. The molecule has 0 bridgehead atoms. The molecule has 0 aliphatic carbocycles. The summed E-state index contributed by atoms with van der Waals surface area (Å²) in [5, 5.41) is 5.45. The first-order chi connectivity index (χ1) is 20.8. The van der Waals surface area contributed by atoms with Gasteiger partial charge in [0.2, 0.25) is 5.91 Å². The lowest BCUT2D eigenvalue weighted by Crippen LogP contribution is -2.30. The SMILES string of the molecule is C=C/C=C/N/C=C(\C=C\C)CCN(Cc1ccc(/C=C/C(=O)NN=O)cc1)C(=O)/C=C\c1ccccc1OC(=O)C(C)C. The lowest BCUT2D eigenvalue weighted by molar-refractivity contribution is -0.137. The van der Waals surface area contributed by atoms with E-state index in [1.807, 2.05) is 55.6 Å². The molecule has 0 saturated carbocycles. The topological polar surface area (TPSA) is 117 Å². The van der Waals surface area contributed by atoms with Crippen LogP contribution in [0.3, 0.4) is 0 Å². The van der Waals surface area contributed by atoms with Crippen molar-refractivity contribution in [1.82, 2.24) is 15.6 Å². The number of nitrogens with zero attached hydrogens (tertiary/aromatic N) is 2. The average molecular weight is 583 g/mol. The van der Waals surface area contributed by atoms with Crippen LogP contribution in [0.15, 0.2) is 115 Å². The first-order valence-corrected chi connectivity index (χ1v) is 13.8. The molecule has 9 nitrogen and oxygen atoms in total. The minimum absolute atomic E-state index is 0.216. The second kappa shape index (κ2) is 18.9. The van der Waals surface area contributed by atoms with E-state index in [4.69, 9.17) is 4.74 Å². The average Bonchev–Trinajstić information content (AvgIpc) is 3.00. The molecule has 2 N–H and O–H groups in total. The predicted molar refractivity (Wildman–Crippen MR) is 171 cm³/mol. The van der Waals surface area contributed by atoms with Crippen LogP contribution in [0.25, 0.3) is 12.2 Å². The molecule has 2 aromatic rings. The number of para-hydroxylation sites is 1. The summed E-state index contributed by atoms with van der Waals surface area (Å²) in [6.07, 6.45) is 17.5. The molecule has 2 rings (SSSR count). The fourth-order valence-electron chi connectivity index (χ4n) is 3.64. The van der Waals surface area contributed by atoms with E-state index < -0.39 is 5.91 Å². The van der Waals surface area contributed by atoms with Crippen LogP contribution in [0.5, 0.6) is 5.75 Å². The van der Waals surface area contributed by atoms with Crippen LogP contribution in [0.1, 0.15) is 43.9 Å². The van der Waals surface area contributed by atoms with Crippen LogP contribution < -0.4 is 15.5 Å². The highest BCUT2D eigenvalue weighted by atomic mass is 16.5. The number of carbonyl (C=O) groups is 3. The number of nitroso groups, excluding NO2 is 1. The van der Waals surface area contributed by atoms with Crippen molar-refractivity contribution in [1.29, 1.82) is 0 Å². The molecule has 0 aliphatic rings. The Kier molecular flexibility index (Phi) is 14.9. The maximum atomic E-state index is 13.5. The minimum atomic E-state index is -0.623. The normalized spacial score (nSPS) is 11.9. The highest BCUT2D eigenvalue weighted by molar-refractivity contribution is 5.92. The van der Waals surface area contributed by atoms with Crippen molar-refractivity contribution in [2.45, 2.75) is 33.7 Å². The van der Waals surface area contributed by atoms with Gasteiger partial charge in [-0.15, -0.1) is 4.91 Å². The number of hydrogen-bond acceptors (Lipinski definition) is 7. The van der Waals surface area contributed by atoms with E-state index in [0.717, 1.165) is 16.7 Å². The molecule has 224 valence electrons. The maximum Gasteiger partial charge on any atom is 0.313 e. The third-order valence-corrected chi connectivity index (χ3v) is 5.90. The number of nitrogens with one attached hydrogen (secondary N) is 2. The van der Waals surface area contributed by atoms with Gasteiger partial charge in [0, 0.05) is 43.2 Å². The first kappa shape index (κ1) is 33.9. The zero-order valence-corrected chi connectivity index (χ0v) is 24.7. The number of hydrogen-bond donors (Lipinski definition) is 2. The molecule has 0 heterocycles. The minimum Gasteiger partial charge on any atom is -0.426 e. The van der Waals surface area contributed by atoms with Crippen molar-refractivity contribution in [3.63, 3.8) is 0 Å². The molecule has 2 aromatic carbocycles. The summed E-state index contributed by atoms with van der Waals surface area (Å²) in [5.41, 5.74) is 5.04. The van der Waals surface area contributed by atoms with E-state index in [2.05, 4.69) is 17.2 Å². The largest absolute Gasteiger partial charge is 0.426 e. The van der Waals surface area contributed by atoms with E-state index >= 15 is 0 Å². The molecule has 0 atom stereocenters. The van der Waals surface area contributed by atoms with Gasteiger partial charge in [0.15, 0.2) is 0 Å². The Balaban J connectivity index is 2.28. The van der Waals surface area contributed by atoms with Gasteiger partial charge in [-0.3, -0.25) is 14.4 Å². The van der Waals surface area contributed by atoms with Gasteiger partial charge in [-0.05, 0) is 54.3 Å². The summed E-state index contributed by atoms with van der Waals surface area (Å²) in [6.45, 7) is 9.86. The fourth-order valence-corrected chi connectivity index (χ4v) is 3.64. The van der Waals surface area contributed by atoms with E-state index in [-0.39, 0.29) is 17.8 Å². The highest BCUT2D eigenvalue weighted by Gasteiger charge is 2.14. The Morgan fingerprint density at radius 3 is 2.44 bits per heavy atom. The number of rotatable bonds is 16. The van der Waals surface area contributed by atoms with Crippen molar-refractivity contribution in [2.24, 2.45) is 11.2 Å². The number of esters is 1. The van der Waals surface area contributed by atoms with Crippen molar-refractivity contribution < 1.29 is 19.1 Å². The predicted octanol–water partition coefficient (Wildman–Crippen LogP) is 6.24. The van der Waals surface area contributed by atoms with E-state index in [9.17, 15) is 19.3 Å². The lowest BCUT2D eigenvalue weighted by Gasteiger charge is -2.22. The molecule has 0 saturated heterocycles. The monoisotopic (exact) mass is 582 g/mol. The van der Waals surface area contributed by atoms with Gasteiger partial charge in [-0.25, -0.2) is 5.43 Å². The van der Waals surface area contributed by atoms with Crippen LogP contribution >= 0.6 is 0 Å². The standard InChI is InChI=1S/C34H38N4O5/c1-5-7-22-35-24-28(10-6-2)21-23-38(25-29-15-13-27(14-16-29)17-19-32(39)36-37-42)33(40)20-18-30-11-8-9-12-31(30)43-34(41)26(3)4/h5-20,22,24,26,35H,1,21,23,25H2,2-4H3,(H,36,39,42)/b10-6+,19-17+,20-18-,22-7+,28-24+. The van der Waals surface area contributed by atoms with E-state index in [1.165, 1.54) is 12.2 Å². The summed E-state index contributed by atoms with van der Waals surface area (Å²) >= 11 is 0. The Hall–Kier alpha value is -5.31. The molecule has 0 spiro atoms. The molecule has 0 radical (unpaired) electrons. The molecule has 0 aliphatic heterocycles. The number of amides is 2. The quantitative estimate of drug-likeness (QED) is 0.0604. The summed E-state index contributed by atoms with van der Waals surface area (Å²) in [5.74, 6) is -1.10. The van der Waals surface area contributed by atoms with E-state index in [1.54, 1.807) is 72.9 Å². The lowest BCUT2D eigenvalue weighted by atomic mass is 10.1. The van der Waals surface area contributed by atoms with Crippen molar-refractivity contribution in [3.05, 3.63) is 131 Å². The van der Waals surface area contributed by atoms with Gasteiger partial charge in [0.25, 0.3) is 5.91 Å². The zero-order valence-electron chi connectivity index (χ0n) is 24.7. The molecule has 2 amide bonds. The molecule has 9 heteroatoms. The van der Waals surface area contributed by atoms with Crippen molar-refractivity contribution >= 4 is 29.9 Å². The van der Waals surface area contributed by atoms with Gasteiger partial charge < -0.3 is 15.0 Å². The second-order valence-corrected chi connectivity index (χ2v) is 9.58. The Bertz CT molecular complexity index is 1400. The van der Waals surface area contributed by atoms with Gasteiger partial charge in [-0.2, -0.15) is 0 Å². The number of allylic oxidation sites excluding steroid dienone is 4. The molecule has 43 heavy (non-hydrogen) atoms. The zero-order chi connectivity index (χ0) is 31.5. The fraction of sp³-hybridized carbons (Fsp3) is 0.206. The third kappa shape index (κ3) is 12.8. The molecule has 0 aromatic heterocycles. The first-order valence-electron chi connectivity index (χ1n) is 13.8. The van der Waals surface area contributed by atoms with Gasteiger partial charge in [-0.1, -0.05) is 81.1 Å². The summed E-state index contributed by atoms with van der Waals surface area (Å²) < 4.78 is 5.52. The summed E-state index contributed by atoms with van der Waals surface area (Å²) in [7, 11) is 0. The van der Waals surface area contributed by atoms with Crippen LogP contribution in [-0.4, -0.2) is 29.2 Å². The van der Waals surface area contributed by atoms with E-state index in [0.29, 0.717) is 30.8 Å². The summed E-state index contributed by atoms with van der Waals surface area (Å²) in [4.78, 5) is 49.0. The van der Waals surface area contributed by atoms with Gasteiger partial charge >= 0.3 is 5.97 Å². The highest BCUT2D eigenvalue weighted by Crippen LogP contribution is 2.21. The van der Waals surface area contributed by atoms with Crippen molar-refractivity contribution in [2.75, 3.05) is 6.54 Å². The van der Waals surface area contributed by atoms with Crippen LogP contribution in [0, 0.1) is 10.8 Å². The molecular weight excluding hydrogens is 544 g/mol. The van der Waals surface area contributed by atoms with Crippen molar-refractivity contribution in [3.8, 4) is 5.75 Å². The Morgan fingerprint density at radius 1 is 1.02 bits per heavy atom. The Labute approximate surface area is 253 Å². The smallest absolute Gasteiger partial charge is 0.313 e. The Morgan fingerprint density at radius 2 is 1.77 bits per heavy atom. The number of benzene rings is 2. The molecule has 0 fully saturated rings. The summed E-state index contributed by atoms with van der Waals surface area (Å²) in [6, 6.07) is 14.4. The molecule has 0 unspecified atom stereocenters. The van der Waals surface area contributed by atoms with Crippen LogP contribution in [0.4, 0.5) is 0 Å². The van der Waals surface area contributed by atoms with Crippen LogP contribution in [-0.2, 0) is 20.9 Å². The number of ether oxygens (including phenoxy) is 1. The van der Waals surface area contributed by atoms with Gasteiger partial charge in [0.05, 0.1) is 11.2 Å². The third-order valence-electron chi connectivity index (χ3n) is 5.90. The van der Waals surface area contributed by atoms with Gasteiger partial charge in [0.1, 0.15) is 5.75 Å². The number of carbonyl (C=O) groups excluding carboxylic acids is 3. The van der Waals surface area contributed by atoms with Crippen LogP contribution in [0.2, 0.25) is 0 Å². The second-order valence-electron chi connectivity index (χ2n) is 9.58.